The molecule has 0 aliphatic carbocycles. The Morgan fingerprint density at radius 2 is 1.52 bits per heavy atom. The van der Waals surface area contributed by atoms with Crippen molar-refractivity contribution in [3.8, 4) is 0 Å². The number of benzene rings is 2. The number of hydrogen-bond donors (Lipinski definition) is 1. The van der Waals surface area contributed by atoms with Crippen molar-refractivity contribution in [1.29, 1.82) is 0 Å². The molecule has 0 radical (unpaired) electrons. The number of carboxylic acids is 1. The zero-order valence-electron chi connectivity index (χ0n) is 11.7. The molecule has 0 aromatic heterocycles. The van der Waals surface area contributed by atoms with Gasteiger partial charge in [-0.05, 0) is 23.6 Å². The number of hydrogen-bond acceptors (Lipinski definition) is 2. The van der Waals surface area contributed by atoms with Gasteiger partial charge < -0.3 is 5.11 Å². The average molecular weight is 280 g/mol. The fourth-order valence-electron chi connectivity index (χ4n) is 2.07. The van der Waals surface area contributed by atoms with Crippen LogP contribution in [0.1, 0.15) is 28.4 Å². The number of carbonyl (C=O) groups excluding carboxylic acids is 1. The van der Waals surface area contributed by atoms with Crippen molar-refractivity contribution < 1.29 is 14.7 Å². The summed E-state index contributed by atoms with van der Waals surface area (Å²) in [5, 5.41) is 8.72. The van der Waals surface area contributed by atoms with Crippen LogP contribution in [0.25, 0.3) is 5.57 Å². The first-order valence-electron chi connectivity index (χ1n) is 6.65. The molecule has 3 heteroatoms. The molecule has 2 aromatic rings. The van der Waals surface area contributed by atoms with Crippen LogP contribution < -0.4 is 0 Å². The van der Waals surface area contributed by atoms with E-state index >= 15 is 0 Å². The number of carboxylic acid groups (broad SMARTS) is 1. The molecule has 0 amide bonds. The van der Waals surface area contributed by atoms with E-state index in [-0.39, 0.29) is 5.78 Å². The third kappa shape index (κ3) is 4.14. The van der Waals surface area contributed by atoms with E-state index in [2.05, 4.69) is 0 Å². The van der Waals surface area contributed by atoms with E-state index in [1.54, 1.807) is 31.2 Å². The number of allylic oxidation sites excluding steroid dienone is 1. The third-order valence-electron chi connectivity index (χ3n) is 3.21. The molecule has 0 unspecified atom stereocenters. The standard InChI is InChI=1S/C18H16O3/c1-13(11-18(20)21)15-7-9-16(10-8-15)17(19)12-14-5-3-2-4-6-14/h2-11H,12H2,1H3,(H,20,21)/b13-11+. The van der Waals surface area contributed by atoms with Gasteiger partial charge in [0.25, 0.3) is 0 Å². The van der Waals surface area contributed by atoms with Crippen molar-refractivity contribution in [3.63, 3.8) is 0 Å². The molecule has 0 saturated carbocycles. The molecule has 0 spiro atoms. The van der Waals surface area contributed by atoms with Crippen molar-refractivity contribution in [3.05, 3.63) is 77.4 Å². The van der Waals surface area contributed by atoms with Gasteiger partial charge in [0.05, 0.1) is 0 Å². The molecule has 0 fully saturated rings. The summed E-state index contributed by atoms with van der Waals surface area (Å²) in [6, 6.07) is 16.6. The highest BCUT2D eigenvalue weighted by atomic mass is 16.4. The van der Waals surface area contributed by atoms with E-state index in [0.29, 0.717) is 17.6 Å². The van der Waals surface area contributed by atoms with Gasteiger partial charge in [-0.2, -0.15) is 0 Å². The highest BCUT2D eigenvalue weighted by molar-refractivity contribution is 5.98. The first-order chi connectivity index (χ1) is 10.1. The second-order valence-corrected chi connectivity index (χ2v) is 4.83. The number of carbonyl (C=O) groups is 2. The topological polar surface area (TPSA) is 54.4 Å². The molecule has 0 heterocycles. The van der Waals surface area contributed by atoms with Gasteiger partial charge in [0.1, 0.15) is 0 Å². The SMILES string of the molecule is C/C(=C\C(=O)O)c1ccc(C(=O)Cc2ccccc2)cc1. The predicted octanol–water partition coefficient (Wildman–Crippen LogP) is 3.60. The van der Waals surface area contributed by atoms with Crippen LogP contribution in [-0.2, 0) is 11.2 Å². The summed E-state index contributed by atoms with van der Waals surface area (Å²) in [5.41, 5.74) is 3.07. The lowest BCUT2D eigenvalue weighted by molar-refractivity contribution is -0.131. The second kappa shape index (κ2) is 6.66. The maximum atomic E-state index is 12.2. The van der Waals surface area contributed by atoms with Crippen LogP contribution in [0, 0.1) is 0 Å². The van der Waals surface area contributed by atoms with E-state index in [1.807, 2.05) is 30.3 Å². The Kier molecular flexibility index (Phi) is 4.67. The summed E-state index contributed by atoms with van der Waals surface area (Å²) in [6.07, 6.45) is 1.52. The van der Waals surface area contributed by atoms with Crippen LogP contribution in [0.3, 0.4) is 0 Å². The number of Topliss-reactive ketones (excluding diaryl/α,β-unsaturated/α-hetero) is 1. The Balaban J connectivity index is 2.12. The zero-order chi connectivity index (χ0) is 15.2. The van der Waals surface area contributed by atoms with Crippen molar-refractivity contribution in [2.24, 2.45) is 0 Å². The maximum absolute atomic E-state index is 12.2. The second-order valence-electron chi connectivity index (χ2n) is 4.83. The lowest BCUT2D eigenvalue weighted by Gasteiger charge is -2.04. The first-order valence-corrected chi connectivity index (χ1v) is 6.65. The Morgan fingerprint density at radius 1 is 0.952 bits per heavy atom. The summed E-state index contributed by atoms with van der Waals surface area (Å²) in [7, 11) is 0. The first kappa shape index (κ1) is 14.7. The summed E-state index contributed by atoms with van der Waals surface area (Å²) in [5.74, 6) is -0.927. The molecular weight excluding hydrogens is 264 g/mol. The Labute approximate surface area is 123 Å². The highest BCUT2D eigenvalue weighted by Gasteiger charge is 2.07. The summed E-state index contributed by atoms with van der Waals surface area (Å²) in [4.78, 5) is 22.8. The molecule has 2 rings (SSSR count). The lowest BCUT2D eigenvalue weighted by Crippen LogP contribution is -2.03. The molecule has 1 N–H and O–H groups in total. The largest absolute Gasteiger partial charge is 0.478 e. The van der Waals surface area contributed by atoms with Crippen molar-refractivity contribution in [2.45, 2.75) is 13.3 Å². The molecule has 0 bridgehead atoms. The molecule has 0 saturated heterocycles. The quantitative estimate of drug-likeness (QED) is 0.672. The average Bonchev–Trinajstić information content (AvgIpc) is 2.47. The van der Waals surface area contributed by atoms with Crippen molar-refractivity contribution in [2.75, 3.05) is 0 Å². The maximum Gasteiger partial charge on any atom is 0.328 e. The van der Waals surface area contributed by atoms with Gasteiger partial charge in [0.15, 0.2) is 5.78 Å². The van der Waals surface area contributed by atoms with Crippen molar-refractivity contribution in [1.82, 2.24) is 0 Å². The minimum absolute atomic E-state index is 0.0487. The molecule has 2 aromatic carbocycles. The molecule has 0 aliphatic heterocycles. The number of ketones is 1. The van der Waals surface area contributed by atoms with Crippen LogP contribution in [0.4, 0.5) is 0 Å². The molecule has 106 valence electrons. The van der Waals surface area contributed by atoms with Gasteiger partial charge in [-0.3, -0.25) is 4.79 Å². The fraction of sp³-hybridized carbons (Fsp3) is 0.111. The van der Waals surface area contributed by atoms with Gasteiger partial charge >= 0.3 is 5.97 Å². The fourth-order valence-corrected chi connectivity index (χ4v) is 2.07. The Bertz CT molecular complexity index is 667. The molecule has 0 aliphatic rings. The Hall–Kier alpha value is -2.68. The third-order valence-corrected chi connectivity index (χ3v) is 3.21. The highest BCUT2D eigenvalue weighted by Crippen LogP contribution is 2.15. The van der Waals surface area contributed by atoms with Crippen LogP contribution in [0.15, 0.2) is 60.7 Å². The predicted molar refractivity (Wildman–Crippen MR) is 82.2 cm³/mol. The zero-order valence-corrected chi connectivity index (χ0v) is 11.7. The van der Waals surface area contributed by atoms with E-state index in [1.165, 1.54) is 0 Å². The van der Waals surface area contributed by atoms with Gasteiger partial charge in [0.2, 0.25) is 0 Å². The van der Waals surface area contributed by atoms with Gasteiger partial charge in [-0.25, -0.2) is 4.79 Å². The molecule has 21 heavy (non-hydrogen) atoms. The minimum Gasteiger partial charge on any atom is -0.478 e. The van der Waals surface area contributed by atoms with E-state index in [0.717, 1.165) is 17.2 Å². The monoisotopic (exact) mass is 280 g/mol. The van der Waals surface area contributed by atoms with Crippen molar-refractivity contribution >= 4 is 17.3 Å². The van der Waals surface area contributed by atoms with Gasteiger partial charge in [-0.1, -0.05) is 54.6 Å². The number of aliphatic carboxylic acids is 1. The normalized spacial score (nSPS) is 11.2. The van der Waals surface area contributed by atoms with Gasteiger partial charge in [0, 0.05) is 18.1 Å². The van der Waals surface area contributed by atoms with Gasteiger partial charge in [-0.15, -0.1) is 0 Å². The van der Waals surface area contributed by atoms with E-state index < -0.39 is 5.97 Å². The summed E-state index contributed by atoms with van der Waals surface area (Å²) >= 11 is 0. The molecule has 3 nitrogen and oxygen atoms in total. The van der Waals surface area contributed by atoms with E-state index in [4.69, 9.17) is 5.11 Å². The Morgan fingerprint density at radius 3 is 2.10 bits per heavy atom. The minimum atomic E-state index is -0.975. The van der Waals surface area contributed by atoms with Crippen LogP contribution in [0.5, 0.6) is 0 Å². The molecule has 0 atom stereocenters. The van der Waals surface area contributed by atoms with Crippen LogP contribution >= 0.6 is 0 Å². The summed E-state index contributed by atoms with van der Waals surface area (Å²) < 4.78 is 0. The smallest absolute Gasteiger partial charge is 0.328 e. The number of rotatable bonds is 5. The summed E-state index contributed by atoms with van der Waals surface area (Å²) in [6.45, 7) is 1.73. The van der Waals surface area contributed by atoms with Crippen LogP contribution in [-0.4, -0.2) is 16.9 Å². The lowest BCUT2D eigenvalue weighted by atomic mass is 10.00. The molecular formula is C18H16O3. The van der Waals surface area contributed by atoms with E-state index in [9.17, 15) is 9.59 Å². The van der Waals surface area contributed by atoms with Crippen LogP contribution in [0.2, 0.25) is 0 Å².